The molecule has 0 aliphatic heterocycles. The molecule has 1 aromatic rings. The van der Waals surface area contributed by atoms with E-state index in [-0.39, 0.29) is 18.3 Å². The molecular formula is C12H16ClFO. The van der Waals surface area contributed by atoms with Crippen LogP contribution < -0.4 is 0 Å². The Hall–Kier alpha value is -0.600. The van der Waals surface area contributed by atoms with Crippen molar-refractivity contribution >= 4 is 11.6 Å². The zero-order valence-corrected chi connectivity index (χ0v) is 9.76. The Kier molecular flexibility index (Phi) is 4.55. The van der Waals surface area contributed by atoms with Crippen molar-refractivity contribution in [3.63, 3.8) is 0 Å². The predicted molar refractivity (Wildman–Crippen MR) is 60.5 cm³/mol. The molecule has 0 fully saturated rings. The molecule has 0 aliphatic rings. The van der Waals surface area contributed by atoms with Gasteiger partial charge in [0, 0.05) is 11.6 Å². The van der Waals surface area contributed by atoms with E-state index in [0.29, 0.717) is 17.4 Å². The summed E-state index contributed by atoms with van der Waals surface area (Å²) in [5.74, 6) is 0.202. The highest BCUT2D eigenvalue weighted by atomic mass is 35.5. The second-order valence-electron chi connectivity index (χ2n) is 4.13. The number of hydrogen-bond donors (Lipinski definition) is 1. The molecule has 3 heteroatoms. The quantitative estimate of drug-likeness (QED) is 0.842. The molecule has 1 N–H and O–H groups in total. The normalized spacial score (nSPS) is 13.2. The van der Waals surface area contributed by atoms with Crippen LogP contribution in [-0.2, 0) is 6.42 Å². The van der Waals surface area contributed by atoms with Gasteiger partial charge in [-0.3, -0.25) is 0 Å². The minimum absolute atomic E-state index is 0.102. The Balaban J connectivity index is 2.82. The molecular weight excluding hydrogens is 215 g/mol. The second-order valence-corrected chi connectivity index (χ2v) is 4.53. The minimum atomic E-state index is -0.283. The first-order valence-electron chi connectivity index (χ1n) is 5.09. The molecule has 1 nitrogen and oxygen atoms in total. The van der Waals surface area contributed by atoms with Crippen molar-refractivity contribution < 1.29 is 9.50 Å². The molecule has 1 aromatic carbocycles. The lowest BCUT2D eigenvalue weighted by atomic mass is 9.90. The van der Waals surface area contributed by atoms with E-state index in [4.69, 9.17) is 11.6 Å². The average molecular weight is 231 g/mol. The van der Waals surface area contributed by atoms with E-state index in [9.17, 15) is 9.50 Å². The van der Waals surface area contributed by atoms with Gasteiger partial charge in [0.15, 0.2) is 0 Å². The molecule has 0 amide bonds. The second kappa shape index (κ2) is 5.47. The predicted octanol–water partition coefficient (Wildman–Crippen LogP) is 3.29. The fourth-order valence-corrected chi connectivity index (χ4v) is 1.69. The summed E-state index contributed by atoms with van der Waals surface area (Å²) in [6, 6.07) is 4.34. The maximum atomic E-state index is 13.0. The largest absolute Gasteiger partial charge is 0.396 e. The van der Waals surface area contributed by atoms with Crippen LogP contribution in [0.4, 0.5) is 4.39 Å². The Morgan fingerprint density at radius 1 is 1.40 bits per heavy atom. The molecule has 0 heterocycles. The summed E-state index contributed by atoms with van der Waals surface area (Å²) in [5, 5.41) is 9.75. The van der Waals surface area contributed by atoms with Gasteiger partial charge in [-0.15, -0.1) is 0 Å². The molecule has 0 radical (unpaired) electrons. The van der Waals surface area contributed by atoms with E-state index < -0.39 is 0 Å². The third-order valence-corrected chi connectivity index (χ3v) is 3.04. The zero-order chi connectivity index (χ0) is 11.4. The van der Waals surface area contributed by atoms with E-state index in [1.807, 2.05) is 13.8 Å². The van der Waals surface area contributed by atoms with Crippen molar-refractivity contribution in [3.8, 4) is 0 Å². The molecule has 1 unspecified atom stereocenters. The van der Waals surface area contributed by atoms with Gasteiger partial charge in [-0.2, -0.15) is 0 Å². The number of halogens is 2. The van der Waals surface area contributed by atoms with Crippen LogP contribution >= 0.6 is 11.6 Å². The molecule has 0 saturated carbocycles. The Labute approximate surface area is 94.9 Å². The number of rotatable bonds is 4. The van der Waals surface area contributed by atoms with Gasteiger partial charge in [-0.05, 0) is 42.0 Å². The standard InChI is InChI=1S/C12H16ClFO/c1-8(2)10(7-15)5-9-6-11(14)3-4-12(9)13/h3-4,6,8,10,15H,5,7H2,1-2H3. The zero-order valence-electron chi connectivity index (χ0n) is 9.00. The third-order valence-electron chi connectivity index (χ3n) is 2.67. The van der Waals surface area contributed by atoms with Gasteiger partial charge in [-0.1, -0.05) is 25.4 Å². The summed E-state index contributed by atoms with van der Waals surface area (Å²) >= 11 is 5.95. The van der Waals surface area contributed by atoms with Crippen LogP contribution in [0.3, 0.4) is 0 Å². The van der Waals surface area contributed by atoms with Crippen LogP contribution in [0, 0.1) is 17.7 Å². The van der Waals surface area contributed by atoms with Crippen LogP contribution in [-0.4, -0.2) is 11.7 Å². The highest BCUT2D eigenvalue weighted by Gasteiger charge is 2.14. The molecule has 1 rings (SSSR count). The monoisotopic (exact) mass is 230 g/mol. The first kappa shape index (κ1) is 12.5. The van der Waals surface area contributed by atoms with Gasteiger partial charge in [0.1, 0.15) is 5.82 Å². The number of aliphatic hydroxyl groups is 1. The average Bonchev–Trinajstić information content (AvgIpc) is 2.18. The molecule has 0 aromatic heterocycles. The fraction of sp³-hybridized carbons (Fsp3) is 0.500. The highest BCUT2D eigenvalue weighted by molar-refractivity contribution is 6.31. The number of aliphatic hydroxyl groups excluding tert-OH is 1. The van der Waals surface area contributed by atoms with Crippen molar-refractivity contribution in [1.29, 1.82) is 0 Å². The SMILES string of the molecule is CC(C)C(CO)Cc1cc(F)ccc1Cl. The summed E-state index contributed by atoms with van der Waals surface area (Å²) in [4.78, 5) is 0. The van der Waals surface area contributed by atoms with E-state index in [2.05, 4.69) is 0 Å². The summed E-state index contributed by atoms with van der Waals surface area (Å²) in [5.41, 5.74) is 0.768. The van der Waals surface area contributed by atoms with Crippen LogP contribution in [0.2, 0.25) is 5.02 Å². The summed E-state index contributed by atoms with van der Waals surface area (Å²) < 4.78 is 13.0. The first-order chi connectivity index (χ1) is 7.04. The van der Waals surface area contributed by atoms with Gasteiger partial charge in [0.05, 0.1) is 0 Å². The van der Waals surface area contributed by atoms with Crippen molar-refractivity contribution in [1.82, 2.24) is 0 Å². The van der Waals surface area contributed by atoms with Crippen molar-refractivity contribution in [2.24, 2.45) is 11.8 Å². The van der Waals surface area contributed by atoms with Crippen molar-refractivity contribution in [2.75, 3.05) is 6.61 Å². The van der Waals surface area contributed by atoms with Crippen LogP contribution in [0.25, 0.3) is 0 Å². The molecule has 84 valence electrons. The summed E-state index contributed by atoms with van der Waals surface area (Å²) in [6.07, 6.45) is 0.616. The smallest absolute Gasteiger partial charge is 0.123 e. The molecule has 0 aliphatic carbocycles. The van der Waals surface area contributed by atoms with Crippen LogP contribution in [0.15, 0.2) is 18.2 Å². The lowest BCUT2D eigenvalue weighted by Crippen LogP contribution is -2.16. The first-order valence-corrected chi connectivity index (χ1v) is 5.47. The molecule has 0 bridgehead atoms. The van der Waals surface area contributed by atoms with Gasteiger partial charge >= 0.3 is 0 Å². The lowest BCUT2D eigenvalue weighted by molar-refractivity contribution is 0.189. The number of hydrogen-bond acceptors (Lipinski definition) is 1. The third kappa shape index (κ3) is 3.47. The molecule has 15 heavy (non-hydrogen) atoms. The fourth-order valence-electron chi connectivity index (χ4n) is 1.49. The van der Waals surface area contributed by atoms with Crippen molar-refractivity contribution in [3.05, 3.63) is 34.6 Å². The van der Waals surface area contributed by atoms with E-state index >= 15 is 0 Å². The Morgan fingerprint density at radius 2 is 2.07 bits per heavy atom. The van der Waals surface area contributed by atoms with E-state index in [1.165, 1.54) is 12.1 Å². The summed E-state index contributed by atoms with van der Waals surface area (Å²) in [7, 11) is 0. The van der Waals surface area contributed by atoms with E-state index in [1.54, 1.807) is 6.07 Å². The molecule has 1 atom stereocenters. The maximum Gasteiger partial charge on any atom is 0.123 e. The summed E-state index contributed by atoms with van der Waals surface area (Å²) in [6.45, 7) is 4.17. The van der Waals surface area contributed by atoms with E-state index in [0.717, 1.165) is 5.56 Å². The lowest BCUT2D eigenvalue weighted by Gasteiger charge is -2.18. The highest BCUT2D eigenvalue weighted by Crippen LogP contribution is 2.23. The van der Waals surface area contributed by atoms with Gasteiger partial charge < -0.3 is 5.11 Å². The molecule has 0 spiro atoms. The molecule has 0 saturated heterocycles. The van der Waals surface area contributed by atoms with Gasteiger partial charge in [0.25, 0.3) is 0 Å². The minimum Gasteiger partial charge on any atom is -0.396 e. The Bertz CT molecular complexity index is 325. The van der Waals surface area contributed by atoms with Gasteiger partial charge in [0.2, 0.25) is 0 Å². The van der Waals surface area contributed by atoms with Gasteiger partial charge in [-0.25, -0.2) is 4.39 Å². The maximum absolute atomic E-state index is 13.0. The van der Waals surface area contributed by atoms with Crippen LogP contribution in [0.5, 0.6) is 0 Å². The number of benzene rings is 1. The Morgan fingerprint density at radius 3 is 2.60 bits per heavy atom. The van der Waals surface area contributed by atoms with Crippen LogP contribution in [0.1, 0.15) is 19.4 Å². The topological polar surface area (TPSA) is 20.2 Å². The van der Waals surface area contributed by atoms with Crippen molar-refractivity contribution in [2.45, 2.75) is 20.3 Å².